The van der Waals surface area contributed by atoms with Crippen LogP contribution in [-0.4, -0.2) is 68.0 Å². The van der Waals surface area contributed by atoms with Crippen LogP contribution in [0.2, 0.25) is 0 Å². The summed E-state index contributed by atoms with van der Waals surface area (Å²) in [5, 5.41) is 0.720. The number of amides is 1. The van der Waals surface area contributed by atoms with Gasteiger partial charge in [0, 0.05) is 37.1 Å². The molecule has 3 aromatic rings. The van der Waals surface area contributed by atoms with Gasteiger partial charge in [-0.25, -0.2) is 4.98 Å². The van der Waals surface area contributed by atoms with Crippen molar-refractivity contribution in [3.8, 4) is 5.75 Å². The Bertz CT molecular complexity index is 1040. The number of rotatable bonds is 8. The number of halogens is 1. The van der Waals surface area contributed by atoms with Gasteiger partial charge in [0.05, 0.1) is 36.1 Å². The Morgan fingerprint density at radius 1 is 1.25 bits per heavy atom. The lowest BCUT2D eigenvalue weighted by Gasteiger charge is -2.29. The van der Waals surface area contributed by atoms with Crippen LogP contribution in [0.15, 0.2) is 47.4 Å². The van der Waals surface area contributed by atoms with E-state index in [9.17, 15) is 4.79 Å². The number of thioether (sulfide) groups is 1. The summed E-state index contributed by atoms with van der Waals surface area (Å²) in [5.74, 6) is 1.68. The zero-order chi connectivity index (χ0) is 21.6. The van der Waals surface area contributed by atoms with Crippen LogP contribution >= 0.6 is 35.5 Å². The van der Waals surface area contributed by atoms with Gasteiger partial charge in [0.15, 0.2) is 5.13 Å². The molecule has 32 heavy (non-hydrogen) atoms. The van der Waals surface area contributed by atoms with Crippen LogP contribution in [0, 0.1) is 0 Å². The number of nitrogens with zero attached hydrogens (tertiary/aromatic N) is 3. The molecule has 0 aliphatic carbocycles. The van der Waals surface area contributed by atoms with Crippen molar-refractivity contribution in [2.24, 2.45) is 0 Å². The van der Waals surface area contributed by atoms with Gasteiger partial charge in [0.2, 0.25) is 0 Å². The molecule has 0 unspecified atom stereocenters. The van der Waals surface area contributed by atoms with Gasteiger partial charge in [0.1, 0.15) is 5.75 Å². The molecule has 0 N–H and O–H groups in total. The fourth-order valence-electron chi connectivity index (χ4n) is 3.56. The van der Waals surface area contributed by atoms with Gasteiger partial charge in [-0.2, -0.15) is 0 Å². The summed E-state index contributed by atoms with van der Waals surface area (Å²) >= 11 is 3.23. The Kier molecular flexibility index (Phi) is 9.19. The lowest BCUT2D eigenvalue weighted by molar-refractivity contribution is 0.0391. The molecule has 0 atom stereocenters. The third kappa shape index (κ3) is 5.74. The van der Waals surface area contributed by atoms with Crippen LogP contribution in [0.3, 0.4) is 0 Å². The van der Waals surface area contributed by atoms with Gasteiger partial charge in [0.25, 0.3) is 5.91 Å². The molecule has 0 spiro atoms. The molecular weight excluding hydrogens is 466 g/mol. The average Bonchev–Trinajstić information content (AvgIpc) is 3.23. The first-order chi connectivity index (χ1) is 15.2. The van der Waals surface area contributed by atoms with Gasteiger partial charge in [-0.3, -0.25) is 14.6 Å². The molecule has 9 heteroatoms. The Labute approximate surface area is 203 Å². The number of fused-ring (bicyclic) bond motifs is 1. The van der Waals surface area contributed by atoms with Crippen molar-refractivity contribution in [1.29, 1.82) is 0 Å². The topological polar surface area (TPSA) is 54.9 Å². The van der Waals surface area contributed by atoms with Gasteiger partial charge in [-0.05, 0) is 30.0 Å². The highest BCUT2D eigenvalue weighted by molar-refractivity contribution is 7.99. The second-order valence-electron chi connectivity index (χ2n) is 7.17. The normalized spacial score (nSPS) is 14.2. The van der Waals surface area contributed by atoms with Crippen molar-refractivity contribution in [2.45, 2.75) is 11.8 Å². The Morgan fingerprint density at radius 2 is 2.03 bits per heavy atom. The number of thiazole rings is 1. The summed E-state index contributed by atoms with van der Waals surface area (Å²) in [6.07, 6.45) is 0. The van der Waals surface area contributed by atoms with Gasteiger partial charge in [-0.15, -0.1) is 24.2 Å². The van der Waals surface area contributed by atoms with Crippen molar-refractivity contribution in [3.63, 3.8) is 0 Å². The van der Waals surface area contributed by atoms with Crippen molar-refractivity contribution >= 4 is 56.8 Å². The van der Waals surface area contributed by atoms with E-state index >= 15 is 0 Å². The van der Waals surface area contributed by atoms with E-state index in [0.29, 0.717) is 6.54 Å². The van der Waals surface area contributed by atoms with Crippen molar-refractivity contribution in [3.05, 3.63) is 48.0 Å². The van der Waals surface area contributed by atoms with Crippen molar-refractivity contribution in [2.75, 3.05) is 57.2 Å². The summed E-state index contributed by atoms with van der Waals surface area (Å²) in [4.78, 5) is 23.7. The highest BCUT2D eigenvalue weighted by Gasteiger charge is 2.24. The Hall–Kier alpha value is -1.84. The summed E-state index contributed by atoms with van der Waals surface area (Å²) < 4.78 is 11.8. The number of hydrogen-bond acceptors (Lipinski definition) is 7. The fraction of sp³-hybridized carbons (Fsp3) is 0.391. The zero-order valence-electron chi connectivity index (χ0n) is 18.3. The lowest BCUT2D eigenvalue weighted by atomic mass is 10.2. The number of anilines is 1. The molecule has 0 bridgehead atoms. The number of carbonyl (C=O) groups is 1. The van der Waals surface area contributed by atoms with Gasteiger partial charge >= 0.3 is 0 Å². The first-order valence-corrected chi connectivity index (χ1v) is 12.3. The molecule has 1 fully saturated rings. The van der Waals surface area contributed by atoms with E-state index in [1.54, 1.807) is 30.2 Å². The highest BCUT2D eigenvalue weighted by atomic mass is 35.5. The summed E-state index contributed by atoms with van der Waals surface area (Å²) in [5.41, 5.74) is 1.58. The number of methoxy groups -OCH3 is 1. The quantitative estimate of drug-likeness (QED) is 0.419. The minimum atomic E-state index is -0.00386. The second-order valence-corrected chi connectivity index (χ2v) is 9.49. The van der Waals surface area contributed by atoms with E-state index in [2.05, 4.69) is 11.8 Å². The highest BCUT2D eigenvalue weighted by Crippen LogP contribution is 2.33. The van der Waals surface area contributed by atoms with Gasteiger partial charge < -0.3 is 9.47 Å². The van der Waals surface area contributed by atoms with E-state index in [-0.39, 0.29) is 18.3 Å². The maximum Gasteiger partial charge on any atom is 0.261 e. The average molecular weight is 494 g/mol. The molecule has 1 aliphatic rings. The molecule has 0 radical (unpaired) electrons. The van der Waals surface area contributed by atoms with Crippen LogP contribution in [-0.2, 0) is 4.74 Å². The number of ether oxygens (including phenoxy) is 2. The maximum absolute atomic E-state index is 13.7. The molecular formula is C23H28ClN3O3S2. The SMILES string of the molecule is CCSc1ccccc1C(=O)N(CCN1CCOCC1)c1nc2cc(OC)ccc2s1.Cl. The summed E-state index contributed by atoms with van der Waals surface area (Å²) in [6.45, 7) is 6.74. The second kappa shape index (κ2) is 11.9. The Morgan fingerprint density at radius 3 is 2.78 bits per heavy atom. The number of hydrogen-bond donors (Lipinski definition) is 0. The van der Waals surface area contributed by atoms with Crippen LogP contribution < -0.4 is 9.64 Å². The Balaban J connectivity index is 0.00000289. The van der Waals surface area contributed by atoms with Crippen LogP contribution in [0.5, 0.6) is 5.75 Å². The van der Waals surface area contributed by atoms with Crippen LogP contribution in [0.25, 0.3) is 10.2 Å². The number of carbonyl (C=O) groups excluding carboxylic acids is 1. The molecule has 6 nitrogen and oxygen atoms in total. The zero-order valence-corrected chi connectivity index (χ0v) is 20.7. The maximum atomic E-state index is 13.7. The van der Waals surface area contributed by atoms with E-state index < -0.39 is 0 Å². The monoisotopic (exact) mass is 493 g/mol. The third-order valence-corrected chi connectivity index (χ3v) is 7.24. The fourth-order valence-corrected chi connectivity index (χ4v) is 5.32. The van der Waals surface area contributed by atoms with E-state index in [1.165, 1.54) is 0 Å². The molecule has 1 aliphatic heterocycles. The minimum absolute atomic E-state index is 0. The predicted octanol–water partition coefficient (Wildman–Crippen LogP) is 4.82. The third-order valence-electron chi connectivity index (χ3n) is 5.22. The summed E-state index contributed by atoms with van der Waals surface area (Å²) in [6, 6.07) is 13.7. The lowest BCUT2D eigenvalue weighted by Crippen LogP contribution is -2.43. The number of aromatic nitrogens is 1. The molecule has 4 rings (SSSR count). The number of benzene rings is 2. The molecule has 172 valence electrons. The summed E-state index contributed by atoms with van der Waals surface area (Å²) in [7, 11) is 1.65. The largest absolute Gasteiger partial charge is 0.497 e. The molecule has 2 heterocycles. The standard InChI is InChI=1S/C23H27N3O3S2.ClH/c1-3-30-20-7-5-4-6-18(20)22(27)26(11-10-25-12-14-29-15-13-25)23-24-19-16-17(28-2)8-9-21(19)31-23;/h4-9,16H,3,10-15H2,1-2H3;1H. The predicted molar refractivity (Wildman–Crippen MR) is 135 cm³/mol. The van der Waals surface area contributed by atoms with Crippen molar-refractivity contribution < 1.29 is 14.3 Å². The molecule has 1 saturated heterocycles. The first kappa shape index (κ1) is 24.8. The van der Waals surface area contributed by atoms with Gasteiger partial charge in [-0.1, -0.05) is 30.4 Å². The smallest absolute Gasteiger partial charge is 0.261 e. The molecule has 0 saturated carbocycles. The molecule has 2 aromatic carbocycles. The number of morpholine rings is 1. The van der Waals surface area contributed by atoms with Crippen LogP contribution in [0.1, 0.15) is 17.3 Å². The van der Waals surface area contributed by atoms with Crippen molar-refractivity contribution in [1.82, 2.24) is 9.88 Å². The van der Waals surface area contributed by atoms with E-state index in [1.807, 2.05) is 47.4 Å². The minimum Gasteiger partial charge on any atom is -0.497 e. The van der Waals surface area contributed by atoms with E-state index in [0.717, 1.165) is 70.2 Å². The van der Waals surface area contributed by atoms with Crippen LogP contribution in [0.4, 0.5) is 5.13 Å². The molecule has 1 amide bonds. The van der Waals surface area contributed by atoms with E-state index in [4.69, 9.17) is 14.5 Å². The molecule has 1 aromatic heterocycles. The first-order valence-electron chi connectivity index (χ1n) is 10.5.